The summed E-state index contributed by atoms with van der Waals surface area (Å²) in [6.45, 7) is 3.94. The summed E-state index contributed by atoms with van der Waals surface area (Å²) >= 11 is 0. The second kappa shape index (κ2) is 7.58. The molecule has 0 spiro atoms. The molecule has 5 heteroatoms. The lowest BCUT2D eigenvalue weighted by Gasteiger charge is -2.18. The first kappa shape index (κ1) is 17.2. The van der Waals surface area contributed by atoms with Gasteiger partial charge in [-0.05, 0) is 31.9 Å². The summed E-state index contributed by atoms with van der Waals surface area (Å²) in [7, 11) is 0. The van der Waals surface area contributed by atoms with Gasteiger partial charge in [-0.1, -0.05) is 48.0 Å². The van der Waals surface area contributed by atoms with Gasteiger partial charge < -0.3 is 10.2 Å². The Hall–Kier alpha value is -3.21. The number of aryl methyl sites for hydroxylation is 1. The van der Waals surface area contributed by atoms with Crippen molar-refractivity contribution < 1.29 is 4.79 Å². The molecule has 0 unspecified atom stereocenters. The number of carbonyl (C=O) groups excluding carboxylic acids is 1. The zero-order valence-corrected chi connectivity index (χ0v) is 15.4. The van der Waals surface area contributed by atoms with E-state index in [1.165, 1.54) is 0 Å². The molecular weight excluding hydrogens is 336 g/mol. The highest BCUT2D eigenvalue weighted by Gasteiger charge is 2.19. The second-order valence-electron chi connectivity index (χ2n) is 6.82. The van der Waals surface area contributed by atoms with Crippen LogP contribution in [0.25, 0.3) is 11.4 Å². The van der Waals surface area contributed by atoms with Crippen LogP contribution < -0.4 is 10.2 Å². The highest BCUT2D eigenvalue weighted by Crippen LogP contribution is 2.23. The van der Waals surface area contributed by atoms with Gasteiger partial charge in [0.25, 0.3) is 5.91 Å². The third-order valence-electron chi connectivity index (χ3n) is 4.72. The molecule has 1 aliphatic heterocycles. The van der Waals surface area contributed by atoms with Crippen molar-refractivity contribution in [3.8, 4) is 11.4 Å². The first-order valence-electron chi connectivity index (χ1n) is 9.26. The predicted octanol–water partition coefficient (Wildman–Crippen LogP) is 4.30. The maximum atomic E-state index is 12.8. The van der Waals surface area contributed by atoms with Gasteiger partial charge in [0.1, 0.15) is 11.5 Å². The summed E-state index contributed by atoms with van der Waals surface area (Å²) in [6, 6.07) is 19.3. The number of hydrogen-bond acceptors (Lipinski definition) is 4. The van der Waals surface area contributed by atoms with Crippen molar-refractivity contribution in [1.82, 2.24) is 9.97 Å². The Balaban J connectivity index is 1.68. The van der Waals surface area contributed by atoms with E-state index in [1.807, 2.05) is 61.5 Å². The lowest BCUT2D eigenvalue weighted by Crippen LogP contribution is -2.22. The second-order valence-corrected chi connectivity index (χ2v) is 6.82. The Morgan fingerprint density at radius 2 is 1.67 bits per heavy atom. The molecule has 0 atom stereocenters. The Labute approximate surface area is 159 Å². The van der Waals surface area contributed by atoms with E-state index in [0.29, 0.717) is 11.5 Å². The van der Waals surface area contributed by atoms with Crippen LogP contribution in [-0.2, 0) is 0 Å². The van der Waals surface area contributed by atoms with E-state index in [0.717, 1.165) is 48.6 Å². The normalized spacial score (nSPS) is 13.6. The van der Waals surface area contributed by atoms with E-state index in [1.54, 1.807) is 6.07 Å². The van der Waals surface area contributed by atoms with Gasteiger partial charge in [0, 0.05) is 30.4 Å². The van der Waals surface area contributed by atoms with Crippen LogP contribution in [0, 0.1) is 6.92 Å². The lowest BCUT2D eigenvalue weighted by molar-refractivity contribution is 0.102. The molecule has 1 N–H and O–H groups in total. The monoisotopic (exact) mass is 358 g/mol. The molecule has 2 aromatic carbocycles. The van der Waals surface area contributed by atoms with Crippen LogP contribution >= 0.6 is 0 Å². The number of aromatic nitrogens is 2. The van der Waals surface area contributed by atoms with Crippen LogP contribution in [0.15, 0.2) is 60.7 Å². The smallest absolute Gasteiger partial charge is 0.274 e. The van der Waals surface area contributed by atoms with Crippen molar-refractivity contribution in [3.63, 3.8) is 0 Å². The summed E-state index contributed by atoms with van der Waals surface area (Å²) in [5.74, 6) is 1.17. The molecule has 0 saturated carbocycles. The van der Waals surface area contributed by atoms with Crippen molar-refractivity contribution in [1.29, 1.82) is 0 Å². The van der Waals surface area contributed by atoms with Crippen molar-refractivity contribution in [2.75, 3.05) is 23.3 Å². The molecule has 1 aliphatic rings. The number of rotatable bonds is 4. The van der Waals surface area contributed by atoms with Gasteiger partial charge in [0.15, 0.2) is 5.82 Å². The van der Waals surface area contributed by atoms with Crippen molar-refractivity contribution in [2.24, 2.45) is 0 Å². The number of anilines is 2. The molecule has 1 amide bonds. The van der Waals surface area contributed by atoms with E-state index in [-0.39, 0.29) is 5.91 Å². The zero-order chi connectivity index (χ0) is 18.6. The van der Waals surface area contributed by atoms with E-state index < -0.39 is 0 Å². The Morgan fingerprint density at radius 3 is 2.37 bits per heavy atom. The number of hydrogen-bond donors (Lipinski definition) is 1. The predicted molar refractivity (Wildman–Crippen MR) is 108 cm³/mol. The third kappa shape index (κ3) is 3.97. The zero-order valence-electron chi connectivity index (χ0n) is 15.4. The molecule has 0 radical (unpaired) electrons. The number of carbonyl (C=O) groups is 1. The third-order valence-corrected chi connectivity index (χ3v) is 4.72. The first-order valence-corrected chi connectivity index (χ1v) is 9.26. The number of benzene rings is 2. The largest absolute Gasteiger partial charge is 0.356 e. The van der Waals surface area contributed by atoms with Gasteiger partial charge in [0.2, 0.25) is 0 Å². The molecule has 136 valence electrons. The van der Waals surface area contributed by atoms with Gasteiger partial charge in [0.05, 0.1) is 0 Å². The van der Waals surface area contributed by atoms with Gasteiger partial charge in [-0.25, -0.2) is 9.97 Å². The molecule has 1 aromatic heterocycles. The SMILES string of the molecule is Cc1ccc(NC(=O)c2cc(N3CCCC3)nc(-c3ccccc3)n2)cc1. The Kier molecular flexibility index (Phi) is 4.83. The molecule has 5 nitrogen and oxygen atoms in total. The fourth-order valence-electron chi connectivity index (χ4n) is 3.21. The van der Waals surface area contributed by atoms with Crippen molar-refractivity contribution in [3.05, 3.63) is 71.9 Å². The Bertz CT molecular complexity index is 932. The summed E-state index contributed by atoms with van der Waals surface area (Å²) in [5.41, 5.74) is 3.19. The molecule has 4 rings (SSSR count). The van der Waals surface area contributed by atoms with Crippen LogP contribution in [0.4, 0.5) is 11.5 Å². The maximum absolute atomic E-state index is 12.8. The molecule has 3 aromatic rings. The average molecular weight is 358 g/mol. The van der Waals surface area contributed by atoms with Gasteiger partial charge in [-0.3, -0.25) is 4.79 Å². The molecule has 1 saturated heterocycles. The number of amides is 1. The number of nitrogens with zero attached hydrogens (tertiary/aromatic N) is 3. The van der Waals surface area contributed by atoms with Gasteiger partial charge in [-0.2, -0.15) is 0 Å². The minimum Gasteiger partial charge on any atom is -0.356 e. The van der Waals surface area contributed by atoms with Gasteiger partial charge in [-0.15, -0.1) is 0 Å². The van der Waals surface area contributed by atoms with Crippen molar-refractivity contribution in [2.45, 2.75) is 19.8 Å². The summed E-state index contributed by atoms with van der Waals surface area (Å²) in [5, 5.41) is 2.93. The fraction of sp³-hybridized carbons (Fsp3) is 0.227. The summed E-state index contributed by atoms with van der Waals surface area (Å²) < 4.78 is 0. The van der Waals surface area contributed by atoms with Crippen LogP contribution in [0.3, 0.4) is 0 Å². The minimum absolute atomic E-state index is 0.223. The Morgan fingerprint density at radius 1 is 0.963 bits per heavy atom. The topological polar surface area (TPSA) is 58.1 Å². The van der Waals surface area contributed by atoms with Gasteiger partial charge >= 0.3 is 0 Å². The van der Waals surface area contributed by atoms with Crippen LogP contribution in [0.2, 0.25) is 0 Å². The molecule has 0 aliphatic carbocycles. The quantitative estimate of drug-likeness (QED) is 0.755. The highest BCUT2D eigenvalue weighted by molar-refractivity contribution is 6.03. The maximum Gasteiger partial charge on any atom is 0.274 e. The van der Waals surface area contributed by atoms with Crippen LogP contribution in [-0.4, -0.2) is 29.0 Å². The molecule has 27 heavy (non-hydrogen) atoms. The van der Waals surface area contributed by atoms with Crippen molar-refractivity contribution >= 4 is 17.4 Å². The van der Waals surface area contributed by atoms with Crippen LogP contribution in [0.1, 0.15) is 28.9 Å². The van der Waals surface area contributed by atoms with Crippen LogP contribution in [0.5, 0.6) is 0 Å². The van der Waals surface area contributed by atoms with E-state index >= 15 is 0 Å². The minimum atomic E-state index is -0.223. The molecule has 0 bridgehead atoms. The summed E-state index contributed by atoms with van der Waals surface area (Å²) in [6.07, 6.45) is 2.30. The van der Waals surface area contributed by atoms with E-state index in [2.05, 4.69) is 15.2 Å². The van der Waals surface area contributed by atoms with E-state index in [4.69, 9.17) is 4.98 Å². The number of nitrogens with one attached hydrogen (secondary N) is 1. The highest BCUT2D eigenvalue weighted by atomic mass is 16.1. The fourth-order valence-corrected chi connectivity index (χ4v) is 3.21. The summed E-state index contributed by atoms with van der Waals surface area (Å²) in [4.78, 5) is 24.3. The molecule has 2 heterocycles. The first-order chi connectivity index (χ1) is 13.2. The van der Waals surface area contributed by atoms with E-state index in [9.17, 15) is 4.79 Å². The lowest BCUT2D eigenvalue weighted by atomic mass is 10.2. The average Bonchev–Trinajstić information content (AvgIpc) is 3.25. The molecular formula is C22H22N4O. The standard InChI is InChI=1S/C22H22N4O/c1-16-9-11-18(12-10-16)23-22(27)19-15-20(26-13-5-6-14-26)25-21(24-19)17-7-3-2-4-8-17/h2-4,7-12,15H,5-6,13-14H2,1H3,(H,23,27). The molecule has 1 fully saturated rings.